The van der Waals surface area contributed by atoms with Crippen molar-refractivity contribution in [2.45, 2.75) is 26.7 Å². The summed E-state index contributed by atoms with van der Waals surface area (Å²) < 4.78 is 0. The molecule has 0 aliphatic carbocycles. The zero-order chi connectivity index (χ0) is 13.8. The van der Waals surface area contributed by atoms with Crippen LogP contribution in [0.1, 0.15) is 35.8 Å². The average Bonchev–Trinajstić information content (AvgIpc) is 2.46. The third-order valence-electron chi connectivity index (χ3n) is 3.67. The number of piperidine rings is 1. The molecule has 5 heteroatoms. The fourth-order valence-corrected chi connectivity index (χ4v) is 2.46. The Hall–Kier alpha value is -1.91. The lowest BCUT2D eigenvalue weighted by Gasteiger charge is -2.32. The van der Waals surface area contributed by atoms with Crippen molar-refractivity contribution in [3.63, 3.8) is 0 Å². The molecule has 1 fully saturated rings. The van der Waals surface area contributed by atoms with Crippen LogP contribution in [-0.2, 0) is 0 Å². The average molecular weight is 261 g/mol. The number of carbonyl (C=O) groups is 1. The maximum atomic E-state index is 12.4. The molecule has 1 saturated heterocycles. The Balaban J connectivity index is 2.16. The third-order valence-corrected chi connectivity index (χ3v) is 3.67. The van der Waals surface area contributed by atoms with Crippen LogP contribution in [-0.4, -0.2) is 39.8 Å². The number of aromatic nitrogens is 1. The normalized spacial score (nSPS) is 21.7. The maximum Gasteiger partial charge on any atom is 0.272 e. The van der Waals surface area contributed by atoms with Crippen LogP contribution < -0.4 is 0 Å². The van der Waals surface area contributed by atoms with Crippen LogP contribution in [0.5, 0.6) is 0 Å². The van der Waals surface area contributed by atoms with Crippen molar-refractivity contribution in [1.29, 1.82) is 0 Å². The third kappa shape index (κ3) is 2.75. The van der Waals surface area contributed by atoms with E-state index in [-0.39, 0.29) is 11.8 Å². The number of pyridine rings is 1. The number of likely N-dealkylation sites (tertiary alicyclic amines) is 1. The molecule has 102 valence electrons. The minimum atomic E-state index is -0.0338. The SMILES string of the molecule is CCC1CN(C(=O)c2ncccc2C)CC/C1=N\O. The van der Waals surface area contributed by atoms with Crippen molar-refractivity contribution in [1.82, 2.24) is 9.88 Å². The smallest absolute Gasteiger partial charge is 0.272 e. The summed E-state index contributed by atoms with van der Waals surface area (Å²) in [4.78, 5) is 18.4. The number of amides is 1. The molecule has 0 saturated carbocycles. The van der Waals surface area contributed by atoms with Crippen molar-refractivity contribution in [3.05, 3.63) is 29.6 Å². The molecule has 5 nitrogen and oxygen atoms in total. The fourth-order valence-electron chi connectivity index (χ4n) is 2.46. The van der Waals surface area contributed by atoms with Crippen LogP contribution in [0.25, 0.3) is 0 Å². The molecular weight excluding hydrogens is 242 g/mol. The summed E-state index contributed by atoms with van der Waals surface area (Å²) in [6.07, 6.45) is 3.14. The summed E-state index contributed by atoms with van der Waals surface area (Å²) in [5, 5.41) is 12.3. The first-order valence-corrected chi connectivity index (χ1v) is 6.59. The molecule has 2 heterocycles. The maximum absolute atomic E-state index is 12.4. The Bertz CT molecular complexity index is 499. The summed E-state index contributed by atoms with van der Waals surface area (Å²) >= 11 is 0. The predicted molar refractivity (Wildman–Crippen MR) is 72.5 cm³/mol. The van der Waals surface area contributed by atoms with E-state index in [1.807, 2.05) is 26.0 Å². The van der Waals surface area contributed by atoms with E-state index in [2.05, 4.69) is 10.1 Å². The van der Waals surface area contributed by atoms with E-state index in [9.17, 15) is 4.79 Å². The minimum absolute atomic E-state index is 0.0338. The van der Waals surface area contributed by atoms with Gasteiger partial charge >= 0.3 is 0 Å². The van der Waals surface area contributed by atoms with E-state index in [1.54, 1.807) is 11.1 Å². The summed E-state index contributed by atoms with van der Waals surface area (Å²) in [7, 11) is 0. The van der Waals surface area contributed by atoms with Crippen LogP contribution in [0.15, 0.2) is 23.5 Å². The van der Waals surface area contributed by atoms with Gasteiger partial charge in [-0.25, -0.2) is 0 Å². The Morgan fingerprint density at radius 2 is 2.42 bits per heavy atom. The molecule has 1 amide bonds. The number of hydrogen-bond acceptors (Lipinski definition) is 4. The van der Waals surface area contributed by atoms with Gasteiger partial charge in [0.05, 0.1) is 5.71 Å². The van der Waals surface area contributed by atoms with E-state index in [0.717, 1.165) is 17.7 Å². The highest BCUT2D eigenvalue weighted by Crippen LogP contribution is 2.19. The zero-order valence-electron chi connectivity index (χ0n) is 11.3. The highest BCUT2D eigenvalue weighted by Gasteiger charge is 2.29. The Kier molecular flexibility index (Phi) is 4.14. The van der Waals surface area contributed by atoms with Gasteiger partial charge in [-0.3, -0.25) is 9.78 Å². The van der Waals surface area contributed by atoms with Crippen LogP contribution in [0.4, 0.5) is 0 Å². The van der Waals surface area contributed by atoms with Crippen molar-refractivity contribution in [2.24, 2.45) is 11.1 Å². The van der Waals surface area contributed by atoms with Crippen molar-refractivity contribution < 1.29 is 10.0 Å². The van der Waals surface area contributed by atoms with Gasteiger partial charge in [0.1, 0.15) is 5.69 Å². The largest absolute Gasteiger partial charge is 0.411 e. The molecule has 19 heavy (non-hydrogen) atoms. The second kappa shape index (κ2) is 5.82. The van der Waals surface area contributed by atoms with Gasteiger partial charge < -0.3 is 10.1 Å². The topological polar surface area (TPSA) is 65.8 Å². The quantitative estimate of drug-likeness (QED) is 0.655. The van der Waals surface area contributed by atoms with Gasteiger partial charge in [-0.2, -0.15) is 0 Å². The summed E-state index contributed by atoms with van der Waals surface area (Å²) in [6.45, 7) is 5.12. The van der Waals surface area contributed by atoms with E-state index in [4.69, 9.17) is 5.21 Å². The van der Waals surface area contributed by atoms with Crippen LogP contribution in [0, 0.1) is 12.8 Å². The first-order chi connectivity index (χ1) is 9.17. The molecule has 0 radical (unpaired) electrons. The Labute approximate surface area is 112 Å². The lowest BCUT2D eigenvalue weighted by Crippen LogP contribution is -2.44. The van der Waals surface area contributed by atoms with Crippen molar-refractivity contribution in [2.75, 3.05) is 13.1 Å². The van der Waals surface area contributed by atoms with Crippen LogP contribution >= 0.6 is 0 Å². The predicted octanol–water partition coefficient (Wildman–Crippen LogP) is 2.09. The zero-order valence-corrected chi connectivity index (χ0v) is 11.3. The van der Waals surface area contributed by atoms with Crippen molar-refractivity contribution in [3.8, 4) is 0 Å². The number of hydrogen-bond donors (Lipinski definition) is 1. The molecule has 1 aromatic heterocycles. The summed E-state index contributed by atoms with van der Waals surface area (Å²) in [5.41, 5.74) is 2.20. The minimum Gasteiger partial charge on any atom is -0.411 e. The standard InChI is InChI=1S/C14H19N3O2/c1-3-11-9-17(8-6-12(11)16-19)14(18)13-10(2)5-4-7-15-13/h4-5,7,11,19H,3,6,8-9H2,1-2H3/b16-12+. The van der Waals surface area contributed by atoms with Gasteiger partial charge in [-0.15, -0.1) is 0 Å². The van der Waals surface area contributed by atoms with Gasteiger partial charge in [-0.1, -0.05) is 18.1 Å². The van der Waals surface area contributed by atoms with Gasteiger partial charge in [0.25, 0.3) is 5.91 Å². The molecule has 1 aliphatic heterocycles. The number of carbonyl (C=O) groups excluding carboxylic acids is 1. The lowest BCUT2D eigenvalue weighted by molar-refractivity contribution is 0.0722. The van der Waals surface area contributed by atoms with E-state index >= 15 is 0 Å². The second-order valence-electron chi connectivity index (χ2n) is 4.87. The van der Waals surface area contributed by atoms with Crippen molar-refractivity contribution >= 4 is 11.6 Å². The molecule has 1 aliphatic rings. The Morgan fingerprint density at radius 1 is 1.63 bits per heavy atom. The first-order valence-electron chi connectivity index (χ1n) is 6.59. The molecule has 1 atom stereocenters. The number of aryl methyl sites for hydroxylation is 1. The van der Waals surface area contributed by atoms with Gasteiger partial charge in [0.2, 0.25) is 0 Å². The molecule has 1 unspecified atom stereocenters. The molecule has 1 aromatic rings. The number of oxime groups is 1. The lowest BCUT2D eigenvalue weighted by atomic mass is 9.93. The van der Waals surface area contributed by atoms with E-state index in [1.165, 1.54) is 0 Å². The Morgan fingerprint density at radius 3 is 3.05 bits per heavy atom. The molecule has 2 rings (SSSR count). The van der Waals surface area contributed by atoms with Gasteiger partial charge in [0, 0.05) is 31.6 Å². The fraction of sp³-hybridized carbons (Fsp3) is 0.500. The first kappa shape index (κ1) is 13.5. The number of rotatable bonds is 2. The highest BCUT2D eigenvalue weighted by molar-refractivity contribution is 5.96. The molecular formula is C14H19N3O2. The van der Waals surface area contributed by atoms with Crippen LogP contribution in [0.3, 0.4) is 0 Å². The molecule has 0 aromatic carbocycles. The van der Waals surface area contributed by atoms with E-state index in [0.29, 0.717) is 25.2 Å². The summed E-state index contributed by atoms with van der Waals surface area (Å²) in [6, 6.07) is 3.72. The molecule has 0 bridgehead atoms. The summed E-state index contributed by atoms with van der Waals surface area (Å²) in [5.74, 6) is 0.111. The number of nitrogens with zero attached hydrogens (tertiary/aromatic N) is 3. The molecule has 0 spiro atoms. The molecule has 1 N–H and O–H groups in total. The van der Waals surface area contributed by atoms with E-state index < -0.39 is 0 Å². The highest BCUT2D eigenvalue weighted by atomic mass is 16.4. The van der Waals surface area contributed by atoms with Gasteiger partial charge in [0.15, 0.2) is 0 Å². The second-order valence-corrected chi connectivity index (χ2v) is 4.87. The van der Waals surface area contributed by atoms with Crippen LogP contribution in [0.2, 0.25) is 0 Å². The monoisotopic (exact) mass is 261 g/mol. The van der Waals surface area contributed by atoms with Gasteiger partial charge in [-0.05, 0) is 25.0 Å².